The first-order chi connectivity index (χ1) is 19.9. The monoisotopic (exact) mass is 561 g/mol. The van der Waals surface area contributed by atoms with Gasteiger partial charge >= 0.3 is 6.09 Å². The van der Waals surface area contributed by atoms with E-state index in [9.17, 15) is 14.9 Å². The SMILES string of the molecule is N[C@H]1CC[C@H](Nc2nc(NC3CCN(C(=O)Oc4ccc([N+](=O)[O-])cc4)CC3)c3ncn(C4C=CCC4)c3n2)CC1. The topological polar surface area (TPSA) is 166 Å². The van der Waals surface area contributed by atoms with Crippen LogP contribution in [0.15, 0.2) is 42.7 Å². The van der Waals surface area contributed by atoms with Crippen molar-refractivity contribution < 1.29 is 14.5 Å². The molecule has 1 unspecified atom stereocenters. The first-order valence-electron chi connectivity index (χ1n) is 14.3. The quantitative estimate of drug-likeness (QED) is 0.214. The number of nitrogens with one attached hydrogen (secondary N) is 2. The third-order valence-electron chi connectivity index (χ3n) is 8.22. The van der Waals surface area contributed by atoms with Gasteiger partial charge in [-0.1, -0.05) is 12.2 Å². The van der Waals surface area contributed by atoms with Gasteiger partial charge in [-0.25, -0.2) is 9.78 Å². The van der Waals surface area contributed by atoms with Crippen LogP contribution < -0.4 is 21.1 Å². The molecule has 0 spiro atoms. The van der Waals surface area contributed by atoms with Crippen molar-refractivity contribution in [2.45, 2.75) is 75.5 Å². The maximum atomic E-state index is 12.7. The zero-order valence-corrected chi connectivity index (χ0v) is 22.8. The van der Waals surface area contributed by atoms with Crippen molar-refractivity contribution in [2.75, 3.05) is 23.7 Å². The Morgan fingerprint density at radius 3 is 2.41 bits per heavy atom. The fraction of sp³-hybridized carbons (Fsp3) is 0.500. The number of ether oxygens (including phenoxy) is 1. The van der Waals surface area contributed by atoms with Crippen LogP contribution >= 0.6 is 0 Å². The number of nitrogens with two attached hydrogens (primary N) is 1. The van der Waals surface area contributed by atoms with E-state index in [1.165, 1.54) is 24.3 Å². The molecule has 13 heteroatoms. The number of amides is 1. The molecule has 6 rings (SSSR count). The number of likely N-dealkylation sites (tertiary alicyclic amines) is 1. The molecule has 3 heterocycles. The van der Waals surface area contributed by atoms with Crippen molar-refractivity contribution in [2.24, 2.45) is 5.73 Å². The van der Waals surface area contributed by atoms with Crippen LogP contribution in [0.2, 0.25) is 0 Å². The number of imidazole rings is 1. The van der Waals surface area contributed by atoms with Gasteiger partial charge in [0.25, 0.3) is 5.69 Å². The van der Waals surface area contributed by atoms with Gasteiger partial charge in [-0.15, -0.1) is 0 Å². The predicted molar refractivity (Wildman–Crippen MR) is 154 cm³/mol. The van der Waals surface area contributed by atoms with Gasteiger partial charge in [0, 0.05) is 43.3 Å². The number of piperidine rings is 1. The number of anilines is 2. The molecule has 1 atom stereocenters. The molecule has 2 aromatic heterocycles. The Bertz CT molecular complexity index is 1420. The fourth-order valence-corrected chi connectivity index (χ4v) is 5.82. The predicted octanol–water partition coefficient (Wildman–Crippen LogP) is 4.38. The van der Waals surface area contributed by atoms with Crippen LogP contribution in [0.4, 0.5) is 22.2 Å². The van der Waals surface area contributed by atoms with Gasteiger partial charge in [0.15, 0.2) is 17.0 Å². The van der Waals surface area contributed by atoms with Crippen LogP contribution in [0.3, 0.4) is 0 Å². The van der Waals surface area contributed by atoms with Gasteiger partial charge in [0.2, 0.25) is 5.95 Å². The van der Waals surface area contributed by atoms with Crippen molar-refractivity contribution in [1.82, 2.24) is 24.4 Å². The summed E-state index contributed by atoms with van der Waals surface area (Å²) in [5.74, 6) is 1.56. The normalized spacial score (nSPS) is 23.0. The van der Waals surface area contributed by atoms with Gasteiger partial charge < -0.3 is 30.6 Å². The fourth-order valence-electron chi connectivity index (χ4n) is 5.82. The molecule has 1 saturated carbocycles. The lowest BCUT2D eigenvalue weighted by Gasteiger charge is -2.32. The summed E-state index contributed by atoms with van der Waals surface area (Å²) < 4.78 is 7.56. The van der Waals surface area contributed by atoms with Gasteiger partial charge in [0.1, 0.15) is 5.75 Å². The van der Waals surface area contributed by atoms with Gasteiger partial charge in [-0.2, -0.15) is 9.97 Å². The number of nitro groups is 1. The van der Waals surface area contributed by atoms with Crippen LogP contribution in [0.1, 0.15) is 57.4 Å². The average molecular weight is 562 g/mol. The highest BCUT2D eigenvalue weighted by molar-refractivity contribution is 5.84. The Morgan fingerprint density at radius 2 is 1.73 bits per heavy atom. The Balaban J connectivity index is 1.13. The van der Waals surface area contributed by atoms with Crippen molar-refractivity contribution >= 4 is 34.7 Å². The maximum Gasteiger partial charge on any atom is 0.415 e. The molecular weight excluding hydrogens is 526 g/mol. The minimum Gasteiger partial charge on any atom is -0.410 e. The number of fused-ring (bicyclic) bond motifs is 1. The smallest absolute Gasteiger partial charge is 0.410 e. The van der Waals surface area contributed by atoms with E-state index in [-0.39, 0.29) is 35.6 Å². The molecular formula is C28H35N9O4. The highest BCUT2D eigenvalue weighted by atomic mass is 16.6. The lowest BCUT2D eigenvalue weighted by molar-refractivity contribution is -0.384. The lowest BCUT2D eigenvalue weighted by Crippen LogP contribution is -2.43. The number of nitro benzene ring substituents is 1. The number of hydrogen-bond acceptors (Lipinski definition) is 10. The summed E-state index contributed by atoms with van der Waals surface area (Å²) in [7, 11) is 0. The van der Waals surface area contributed by atoms with E-state index < -0.39 is 11.0 Å². The van der Waals surface area contributed by atoms with E-state index >= 15 is 0 Å². The summed E-state index contributed by atoms with van der Waals surface area (Å²) >= 11 is 0. The summed E-state index contributed by atoms with van der Waals surface area (Å²) in [6.45, 7) is 1.01. The number of carbonyl (C=O) groups is 1. The van der Waals surface area contributed by atoms with Crippen LogP contribution in [0.25, 0.3) is 11.2 Å². The molecule has 0 radical (unpaired) electrons. The Morgan fingerprint density at radius 1 is 1.00 bits per heavy atom. The molecule has 1 aliphatic heterocycles. The summed E-state index contributed by atoms with van der Waals surface area (Å²) in [5, 5.41) is 18.0. The molecule has 2 aliphatic carbocycles. The first kappa shape index (κ1) is 26.9. The zero-order chi connectivity index (χ0) is 28.3. The second-order valence-electron chi connectivity index (χ2n) is 11.1. The summed E-state index contributed by atoms with van der Waals surface area (Å²) in [6.07, 6.45) is 13.2. The molecule has 41 heavy (non-hydrogen) atoms. The molecule has 1 amide bonds. The number of aromatic nitrogens is 4. The standard InChI is InChI=1S/C28H35N9O4/c29-18-5-7-19(8-6-18)32-27-33-25(24-26(34-27)36(17-30-24)21-3-1-2-4-21)31-20-13-15-35(16-14-20)28(38)41-23-11-9-22(10-12-23)37(39)40/h1,3,9-12,17-21H,2,4-8,13-16,29H2,(H2,31,32,33,34)/t18-,19-,21?. The van der Waals surface area contributed by atoms with Crippen molar-refractivity contribution in [1.29, 1.82) is 0 Å². The minimum atomic E-state index is -0.490. The van der Waals surface area contributed by atoms with Crippen LogP contribution in [0, 0.1) is 10.1 Å². The second-order valence-corrected chi connectivity index (χ2v) is 11.1. The largest absolute Gasteiger partial charge is 0.415 e. The van der Waals surface area contributed by atoms with Crippen molar-refractivity contribution in [3.63, 3.8) is 0 Å². The molecule has 216 valence electrons. The molecule has 1 aromatic carbocycles. The molecule has 3 aromatic rings. The number of non-ortho nitro benzene ring substituents is 1. The molecule has 13 nitrogen and oxygen atoms in total. The number of rotatable bonds is 7. The Labute approximate surface area is 237 Å². The minimum absolute atomic E-state index is 0.0543. The van der Waals surface area contributed by atoms with E-state index in [1.54, 1.807) is 4.90 Å². The van der Waals surface area contributed by atoms with Gasteiger partial charge in [-0.3, -0.25) is 10.1 Å². The number of benzene rings is 1. The number of carbonyl (C=O) groups excluding carboxylic acids is 1. The molecule has 1 saturated heterocycles. The molecule has 3 aliphatic rings. The van der Waals surface area contributed by atoms with E-state index in [1.807, 2.05) is 6.33 Å². The summed E-state index contributed by atoms with van der Waals surface area (Å²) in [5.41, 5.74) is 7.60. The Hall–Kier alpha value is -4.26. The number of nitrogens with zero attached hydrogens (tertiary/aromatic N) is 6. The van der Waals surface area contributed by atoms with E-state index in [2.05, 4.69) is 27.4 Å². The van der Waals surface area contributed by atoms with E-state index in [0.717, 1.165) is 49.7 Å². The van der Waals surface area contributed by atoms with Crippen LogP contribution in [-0.2, 0) is 0 Å². The second kappa shape index (κ2) is 11.7. The summed E-state index contributed by atoms with van der Waals surface area (Å²) in [4.78, 5) is 39.2. The van der Waals surface area contributed by atoms with Crippen molar-refractivity contribution in [3.05, 3.63) is 52.9 Å². The average Bonchev–Trinajstić information content (AvgIpc) is 3.65. The van der Waals surface area contributed by atoms with Crippen LogP contribution in [0.5, 0.6) is 5.75 Å². The number of allylic oxidation sites excluding steroid dienone is 2. The third-order valence-corrected chi connectivity index (χ3v) is 8.22. The highest BCUT2D eigenvalue weighted by Gasteiger charge is 2.27. The van der Waals surface area contributed by atoms with Crippen molar-refractivity contribution in [3.8, 4) is 5.75 Å². The molecule has 0 bridgehead atoms. The first-order valence-corrected chi connectivity index (χ1v) is 14.3. The molecule has 2 fully saturated rings. The van der Waals surface area contributed by atoms with E-state index in [4.69, 9.17) is 25.4 Å². The zero-order valence-electron chi connectivity index (χ0n) is 22.8. The Kier molecular flexibility index (Phi) is 7.68. The maximum absolute atomic E-state index is 12.7. The lowest BCUT2D eigenvalue weighted by atomic mass is 9.92. The van der Waals surface area contributed by atoms with Gasteiger partial charge in [0.05, 0.1) is 17.3 Å². The highest BCUT2D eigenvalue weighted by Crippen LogP contribution is 2.31. The van der Waals surface area contributed by atoms with Gasteiger partial charge in [-0.05, 0) is 63.5 Å². The van der Waals surface area contributed by atoms with E-state index in [0.29, 0.717) is 37.7 Å². The summed E-state index contributed by atoms with van der Waals surface area (Å²) in [6, 6.07) is 6.36. The number of hydrogen-bond donors (Lipinski definition) is 3. The van der Waals surface area contributed by atoms with Crippen LogP contribution in [-0.4, -0.2) is 66.7 Å². The molecule has 4 N–H and O–H groups in total. The third kappa shape index (κ3) is 6.09.